The highest BCUT2D eigenvalue weighted by molar-refractivity contribution is 6.08. The third-order valence-electron chi connectivity index (χ3n) is 5.35. The van der Waals surface area contributed by atoms with Crippen LogP contribution in [0, 0.1) is 0 Å². The zero-order valence-electron chi connectivity index (χ0n) is 16.4. The molecule has 1 N–H and O–H groups in total. The van der Waals surface area contributed by atoms with Gasteiger partial charge in [0.2, 0.25) is 0 Å². The summed E-state index contributed by atoms with van der Waals surface area (Å²) in [6.07, 6.45) is 0.358. The first-order chi connectivity index (χ1) is 14.0. The van der Waals surface area contributed by atoms with Crippen molar-refractivity contribution in [3.05, 3.63) is 59.2 Å². The molecule has 29 heavy (non-hydrogen) atoms. The van der Waals surface area contributed by atoms with E-state index >= 15 is 0 Å². The van der Waals surface area contributed by atoms with Crippen LogP contribution in [-0.2, 0) is 16.9 Å². The number of fused-ring (bicyclic) bond motifs is 2. The van der Waals surface area contributed by atoms with Crippen molar-refractivity contribution in [3.63, 3.8) is 0 Å². The van der Waals surface area contributed by atoms with Crippen LogP contribution in [0.1, 0.15) is 41.8 Å². The van der Waals surface area contributed by atoms with Crippen LogP contribution in [-0.4, -0.2) is 35.8 Å². The first kappa shape index (κ1) is 19.0. The smallest absolute Gasteiger partial charge is 0.325 e. The second kappa shape index (κ2) is 7.24. The predicted octanol–water partition coefficient (Wildman–Crippen LogP) is 3.02. The second-order valence-electron chi connectivity index (χ2n) is 7.13. The van der Waals surface area contributed by atoms with Crippen molar-refractivity contribution in [1.29, 1.82) is 0 Å². The minimum absolute atomic E-state index is 0.0197. The molecular weight excluding hydrogens is 372 g/mol. The number of nitrogens with one attached hydrogen (secondary N) is 1. The molecule has 7 heteroatoms. The zero-order chi connectivity index (χ0) is 20.6. The molecule has 0 bridgehead atoms. The summed E-state index contributed by atoms with van der Waals surface area (Å²) >= 11 is 0. The Morgan fingerprint density at radius 1 is 1.24 bits per heavy atom. The van der Waals surface area contributed by atoms with Gasteiger partial charge in [0.15, 0.2) is 11.3 Å². The second-order valence-corrected chi connectivity index (χ2v) is 7.13. The first-order valence-electron chi connectivity index (χ1n) is 9.59. The highest BCUT2D eigenvalue weighted by Gasteiger charge is 2.54. The maximum Gasteiger partial charge on any atom is 0.325 e. The van der Waals surface area contributed by atoms with Crippen LogP contribution in [0.5, 0.6) is 11.5 Å². The van der Waals surface area contributed by atoms with Gasteiger partial charge in [-0.1, -0.05) is 18.2 Å². The monoisotopic (exact) mass is 394 g/mol. The number of ketones is 1. The summed E-state index contributed by atoms with van der Waals surface area (Å²) in [6.45, 7) is 4.11. The number of ether oxygens (including phenoxy) is 2. The Labute approximate surface area is 168 Å². The number of benzene rings is 2. The van der Waals surface area contributed by atoms with Crippen molar-refractivity contribution in [2.45, 2.75) is 32.4 Å². The Balaban J connectivity index is 1.70. The van der Waals surface area contributed by atoms with E-state index in [4.69, 9.17) is 9.47 Å². The van der Waals surface area contributed by atoms with Gasteiger partial charge in [0.1, 0.15) is 11.5 Å². The summed E-state index contributed by atoms with van der Waals surface area (Å²) in [4.78, 5) is 39.2. The minimum atomic E-state index is -1.13. The molecule has 0 aromatic heterocycles. The van der Waals surface area contributed by atoms with E-state index in [0.717, 1.165) is 0 Å². The Hall–Kier alpha value is -3.35. The van der Waals surface area contributed by atoms with Crippen LogP contribution in [0.2, 0.25) is 0 Å². The molecule has 2 heterocycles. The van der Waals surface area contributed by atoms with Gasteiger partial charge in [-0.2, -0.15) is 0 Å². The standard InChI is InChI=1S/C22H22N2O5/c1-3-28-18-9-8-15(14(2)25)12-16(18)13-24-20(26)22(23-21(24)27)10-11-29-19-7-5-4-6-17(19)22/h4-9,12H,3,10-11,13H2,1-2H3,(H,23,27)/t22-/m0/s1. The molecule has 2 aromatic rings. The third-order valence-corrected chi connectivity index (χ3v) is 5.35. The van der Waals surface area contributed by atoms with Gasteiger partial charge in [0.05, 0.1) is 19.8 Å². The predicted molar refractivity (Wildman–Crippen MR) is 105 cm³/mol. The minimum Gasteiger partial charge on any atom is -0.494 e. The lowest BCUT2D eigenvalue weighted by molar-refractivity contribution is -0.133. The Morgan fingerprint density at radius 2 is 2.03 bits per heavy atom. The van der Waals surface area contributed by atoms with E-state index in [9.17, 15) is 14.4 Å². The lowest BCUT2D eigenvalue weighted by Crippen LogP contribution is -2.47. The molecule has 2 aliphatic heterocycles. The van der Waals surface area contributed by atoms with Crippen LogP contribution in [0.15, 0.2) is 42.5 Å². The summed E-state index contributed by atoms with van der Waals surface area (Å²) < 4.78 is 11.3. The van der Waals surface area contributed by atoms with E-state index in [2.05, 4.69) is 5.32 Å². The van der Waals surface area contributed by atoms with Crippen LogP contribution >= 0.6 is 0 Å². The number of nitrogens with zero attached hydrogens (tertiary/aromatic N) is 1. The lowest BCUT2D eigenvalue weighted by atomic mass is 9.84. The summed E-state index contributed by atoms with van der Waals surface area (Å²) in [7, 11) is 0. The van der Waals surface area contributed by atoms with Crippen molar-refractivity contribution in [2.75, 3.05) is 13.2 Å². The fraction of sp³-hybridized carbons (Fsp3) is 0.318. The molecule has 4 rings (SSSR count). The molecular formula is C22H22N2O5. The van der Waals surface area contributed by atoms with E-state index in [-0.39, 0.29) is 18.2 Å². The van der Waals surface area contributed by atoms with E-state index in [1.54, 1.807) is 30.3 Å². The number of carbonyl (C=O) groups excluding carboxylic acids is 3. The summed E-state index contributed by atoms with van der Waals surface area (Å²) in [6, 6.07) is 11.8. The molecule has 0 aliphatic carbocycles. The molecule has 2 aromatic carbocycles. The molecule has 0 unspecified atom stereocenters. The number of amides is 3. The molecule has 1 spiro atoms. The topological polar surface area (TPSA) is 84.9 Å². The van der Waals surface area contributed by atoms with Gasteiger partial charge in [-0.05, 0) is 38.1 Å². The third kappa shape index (κ3) is 3.12. The number of hydrogen-bond donors (Lipinski definition) is 1. The molecule has 0 radical (unpaired) electrons. The summed E-state index contributed by atoms with van der Waals surface area (Å²) in [5.41, 5.74) is 0.646. The van der Waals surface area contributed by atoms with Crippen LogP contribution in [0.25, 0.3) is 0 Å². The van der Waals surface area contributed by atoms with Gasteiger partial charge in [-0.15, -0.1) is 0 Å². The van der Waals surface area contributed by atoms with E-state index in [1.807, 2.05) is 19.1 Å². The molecule has 1 atom stereocenters. The van der Waals surface area contributed by atoms with Gasteiger partial charge in [-0.25, -0.2) is 4.79 Å². The van der Waals surface area contributed by atoms with Crippen molar-refractivity contribution < 1.29 is 23.9 Å². The summed E-state index contributed by atoms with van der Waals surface area (Å²) in [5.74, 6) is 0.726. The highest BCUT2D eigenvalue weighted by Crippen LogP contribution is 2.41. The Bertz CT molecular complexity index is 1000. The van der Waals surface area contributed by atoms with Crippen molar-refractivity contribution in [2.24, 2.45) is 0 Å². The number of Topliss-reactive ketones (excluding diaryl/α,β-unsaturated/α-hetero) is 1. The molecule has 2 aliphatic rings. The fourth-order valence-corrected chi connectivity index (χ4v) is 3.90. The molecule has 3 amide bonds. The number of carbonyl (C=O) groups is 3. The number of para-hydroxylation sites is 1. The Kier molecular flexibility index (Phi) is 4.74. The summed E-state index contributed by atoms with van der Waals surface area (Å²) in [5, 5.41) is 2.88. The van der Waals surface area contributed by atoms with E-state index < -0.39 is 11.6 Å². The maximum absolute atomic E-state index is 13.4. The number of hydrogen-bond acceptors (Lipinski definition) is 5. The average molecular weight is 394 g/mol. The number of rotatable bonds is 5. The van der Waals surface area contributed by atoms with Gasteiger partial charge in [0, 0.05) is 23.1 Å². The SMILES string of the molecule is CCOc1ccc(C(C)=O)cc1CN1C(=O)N[C@]2(CCOc3ccccc32)C1=O. The van der Waals surface area contributed by atoms with Crippen LogP contribution < -0.4 is 14.8 Å². The average Bonchev–Trinajstić information content (AvgIpc) is 2.94. The van der Waals surface area contributed by atoms with Gasteiger partial charge in [-0.3, -0.25) is 14.5 Å². The van der Waals surface area contributed by atoms with Crippen molar-refractivity contribution in [1.82, 2.24) is 10.2 Å². The molecule has 1 saturated heterocycles. The quantitative estimate of drug-likeness (QED) is 0.622. The molecule has 150 valence electrons. The molecule has 7 nitrogen and oxygen atoms in total. The number of urea groups is 1. The molecule has 0 saturated carbocycles. The first-order valence-corrected chi connectivity index (χ1v) is 9.59. The fourth-order valence-electron chi connectivity index (χ4n) is 3.90. The van der Waals surface area contributed by atoms with Crippen molar-refractivity contribution in [3.8, 4) is 11.5 Å². The van der Waals surface area contributed by atoms with Gasteiger partial charge >= 0.3 is 6.03 Å². The maximum atomic E-state index is 13.4. The zero-order valence-corrected chi connectivity index (χ0v) is 16.4. The number of imide groups is 1. The Morgan fingerprint density at radius 3 is 2.79 bits per heavy atom. The van der Waals surface area contributed by atoms with Crippen LogP contribution in [0.4, 0.5) is 4.79 Å². The highest BCUT2D eigenvalue weighted by atomic mass is 16.5. The van der Waals surface area contributed by atoms with Gasteiger partial charge in [0.25, 0.3) is 5.91 Å². The van der Waals surface area contributed by atoms with E-state index in [1.165, 1.54) is 11.8 Å². The van der Waals surface area contributed by atoms with Gasteiger partial charge < -0.3 is 14.8 Å². The van der Waals surface area contributed by atoms with E-state index in [0.29, 0.717) is 47.8 Å². The molecule has 1 fully saturated rings. The van der Waals surface area contributed by atoms with Crippen LogP contribution in [0.3, 0.4) is 0 Å². The normalized spacial score (nSPS) is 20.3. The largest absolute Gasteiger partial charge is 0.494 e. The lowest BCUT2D eigenvalue weighted by Gasteiger charge is -2.33. The van der Waals surface area contributed by atoms with Crippen molar-refractivity contribution >= 4 is 17.7 Å².